The van der Waals surface area contributed by atoms with Gasteiger partial charge in [-0.2, -0.15) is 0 Å². The molecule has 1 aliphatic heterocycles. The maximum Gasteiger partial charge on any atom is 0.258 e. The lowest BCUT2D eigenvalue weighted by Gasteiger charge is -2.27. The number of nitrogens with two attached hydrogens (primary N) is 1. The fraction of sp³-hybridized carbons (Fsp3) is 0.136. The Hall–Kier alpha value is -3.27. The van der Waals surface area contributed by atoms with Crippen molar-refractivity contribution >= 4 is 28.7 Å². The van der Waals surface area contributed by atoms with Crippen molar-refractivity contribution in [1.82, 2.24) is 0 Å². The number of hydrogen-bond acceptors (Lipinski definition) is 3. The van der Waals surface area contributed by atoms with Gasteiger partial charge in [0.05, 0.1) is 11.4 Å². The van der Waals surface area contributed by atoms with E-state index in [0.717, 1.165) is 30.0 Å². The molecular formula is C22H21N3O. The van der Waals surface area contributed by atoms with Crippen LogP contribution in [0.15, 0.2) is 78.9 Å². The molecule has 0 fully saturated rings. The molecule has 0 saturated carbocycles. The molecule has 1 amide bonds. The number of nitrogens with zero attached hydrogens (tertiary/aromatic N) is 2. The van der Waals surface area contributed by atoms with E-state index in [2.05, 4.69) is 23.1 Å². The molecule has 4 rings (SSSR count). The van der Waals surface area contributed by atoms with Gasteiger partial charge in [0.1, 0.15) is 0 Å². The van der Waals surface area contributed by atoms with Gasteiger partial charge in [-0.3, -0.25) is 4.79 Å². The summed E-state index contributed by atoms with van der Waals surface area (Å²) in [7, 11) is 0. The number of amides is 1. The molecule has 0 unspecified atom stereocenters. The Morgan fingerprint density at radius 3 is 2.15 bits per heavy atom. The monoisotopic (exact) mass is 343 g/mol. The van der Waals surface area contributed by atoms with Crippen molar-refractivity contribution < 1.29 is 4.79 Å². The van der Waals surface area contributed by atoms with E-state index in [1.54, 1.807) is 24.3 Å². The summed E-state index contributed by atoms with van der Waals surface area (Å²) < 4.78 is 0. The van der Waals surface area contributed by atoms with Gasteiger partial charge < -0.3 is 15.5 Å². The van der Waals surface area contributed by atoms with Gasteiger partial charge in [-0.1, -0.05) is 30.3 Å². The van der Waals surface area contributed by atoms with E-state index in [-0.39, 0.29) is 5.91 Å². The van der Waals surface area contributed by atoms with Crippen LogP contribution in [0.1, 0.15) is 16.8 Å². The van der Waals surface area contributed by atoms with Gasteiger partial charge in [0.25, 0.3) is 5.91 Å². The van der Waals surface area contributed by atoms with E-state index in [1.165, 1.54) is 0 Å². The van der Waals surface area contributed by atoms with Gasteiger partial charge in [-0.15, -0.1) is 0 Å². The molecule has 0 radical (unpaired) electrons. The number of benzene rings is 3. The highest BCUT2D eigenvalue weighted by molar-refractivity contribution is 6.08. The third kappa shape index (κ3) is 3.02. The molecule has 0 aliphatic carbocycles. The van der Waals surface area contributed by atoms with Crippen molar-refractivity contribution in [3.63, 3.8) is 0 Å². The highest BCUT2D eigenvalue weighted by Crippen LogP contribution is 2.37. The summed E-state index contributed by atoms with van der Waals surface area (Å²) in [5.41, 5.74) is 10.2. The van der Waals surface area contributed by atoms with Crippen LogP contribution in [0.25, 0.3) is 0 Å². The number of hydrogen-bond donors (Lipinski definition) is 1. The van der Waals surface area contributed by atoms with Gasteiger partial charge in [0.15, 0.2) is 0 Å². The van der Waals surface area contributed by atoms with E-state index in [9.17, 15) is 4.79 Å². The van der Waals surface area contributed by atoms with Crippen molar-refractivity contribution in [1.29, 1.82) is 0 Å². The van der Waals surface area contributed by atoms with Gasteiger partial charge in [-0.05, 0) is 55.0 Å². The van der Waals surface area contributed by atoms with Gasteiger partial charge >= 0.3 is 0 Å². The lowest BCUT2D eigenvalue weighted by atomic mass is 10.1. The van der Waals surface area contributed by atoms with Crippen molar-refractivity contribution in [2.24, 2.45) is 0 Å². The molecule has 4 nitrogen and oxygen atoms in total. The Bertz CT molecular complexity index is 906. The molecule has 1 heterocycles. The second-order valence-corrected chi connectivity index (χ2v) is 6.41. The molecule has 2 N–H and O–H groups in total. The fourth-order valence-corrected chi connectivity index (χ4v) is 3.42. The second kappa shape index (κ2) is 6.92. The predicted molar refractivity (Wildman–Crippen MR) is 107 cm³/mol. The van der Waals surface area contributed by atoms with Crippen molar-refractivity contribution in [2.45, 2.75) is 6.42 Å². The van der Waals surface area contributed by atoms with E-state index in [1.807, 2.05) is 41.3 Å². The predicted octanol–water partition coefficient (Wildman–Crippen LogP) is 4.46. The molecular weight excluding hydrogens is 322 g/mol. The number of nitrogen functional groups attached to an aromatic ring is 1. The summed E-state index contributed by atoms with van der Waals surface area (Å²) in [4.78, 5) is 17.3. The maximum absolute atomic E-state index is 13.1. The SMILES string of the molecule is Nc1ccc(C(=O)N2CCCN(c3ccccc3)c3ccccc32)cc1. The van der Waals surface area contributed by atoms with Gasteiger partial charge in [-0.25, -0.2) is 0 Å². The average molecular weight is 343 g/mol. The first kappa shape index (κ1) is 16.2. The standard InChI is InChI=1S/C22H21N3O/c23-18-13-11-17(12-14-18)22(26)25-16-6-15-24(19-7-2-1-3-8-19)20-9-4-5-10-21(20)25/h1-5,7-14H,6,15-16,23H2. The Kier molecular flexibility index (Phi) is 4.32. The number of rotatable bonds is 2. The van der Waals surface area contributed by atoms with Crippen LogP contribution in [0.4, 0.5) is 22.7 Å². The minimum atomic E-state index is 0.00682. The van der Waals surface area contributed by atoms with Crippen molar-refractivity contribution in [3.05, 3.63) is 84.4 Å². The molecule has 26 heavy (non-hydrogen) atoms. The highest BCUT2D eigenvalue weighted by Gasteiger charge is 2.25. The first-order chi connectivity index (χ1) is 12.7. The van der Waals surface area contributed by atoms with Gasteiger partial charge in [0, 0.05) is 30.0 Å². The summed E-state index contributed by atoms with van der Waals surface area (Å²) >= 11 is 0. The van der Waals surface area contributed by atoms with E-state index in [0.29, 0.717) is 17.8 Å². The quantitative estimate of drug-likeness (QED) is 0.699. The average Bonchev–Trinajstić information content (AvgIpc) is 2.88. The third-order valence-corrected chi connectivity index (χ3v) is 4.70. The third-order valence-electron chi connectivity index (χ3n) is 4.70. The zero-order valence-electron chi connectivity index (χ0n) is 14.5. The number of fused-ring (bicyclic) bond motifs is 1. The Labute approximate surface area is 153 Å². The maximum atomic E-state index is 13.1. The fourth-order valence-electron chi connectivity index (χ4n) is 3.42. The molecule has 130 valence electrons. The lowest BCUT2D eigenvalue weighted by Crippen LogP contribution is -2.31. The Morgan fingerprint density at radius 2 is 1.42 bits per heavy atom. The molecule has 3 aromatic carbocycles. The first-order valence-electron chi connectivity index (χ1n) is 8.83. The summed E-state index contributed by atoms with van der Waals surface area (Å²) in [5, 5.41) is 0. The summed E-state index contributed by atoms with van der Waals surface area (Å²) in [5.74, 6) is 0.00682. The van der Waals surface area contributed by atoms with Crippen LogP contribution in [0.2, 0.25) is 0 Å². The second-order valence-electron chi connectivity index (χ2n) is 6.41. The molecule has 1 aliphatic rings. The van der Waals surface area contributed by atoms with Crippen LogP contribution < -0.4 is 15.5 Å². The summed E-state index contributed by atoms with van der Waals surface area (Å²) in [6.07, 6.45) is 0.893. The molecule has 0 bridgehead atoms. The summed E-state index contributed by atoms with van der Waals surface area (Å²) in [6, 6.07) is 25.5. The van der Waals surface area contributed by atoms with Crippen LogP contribution in [0, 0.1) is 0 Å². The van der Waals surface area contributed by atoms with Crippen molar-refractivity contribution in [2.75, 3.05) is 28.6 Å². The Morgan fingerprint density at radius 1 is 0.769 bits per heavy atom. The van der Waals surface area contributed by atoms with Crippen LogP contribution in [0.3, 0.4) is 0 Å². The number of carbonyl (C=O) groups excluding carboxylic acids is 1. The molecule has 3 aromatic rings. The smallest absolute Gasteiger partial charge is 0.258 e. The number of carbonyl (C=O) groups is 1. The first-order valence-corrected chi connectivity index (χ1v) is 8.83. The normalized spacial score (nSPS) is 13.8. The van der Waals surface area contributed by atoms with Crippen LogP contribution >= 0.6 is 0 Å². The van der Waals surface area contributed by atoms with Crippen LogP contribution in [0.5, 0.6) is 0 Å². The molecule has 4 heteroatoms. The van der Waals surface area contributed by atoms with E-state index < -0.39 is 0 Å². The Balaban J connectivity index is 1.75. The zero-order chi connectivity index (χ0) is 17.9. The molecule has 0 saturated heterocycles. The molecule has 0 aromatic heterocycles. The number of para-hydroxylation sites is 3. The van der Waals surface area contributed by atoms with Crippen molar-refractivity contribution in [3.8, 4) is 0 Å². The largest absolute Gasteiger partial charge is 0.399 e. The molecule has 0 spiro atoms. The topological polar surface area (TPSA) is 49.6 Å². The van der Waals surface area contributed by atoms with Gasteiger partial charge in [0.2, 0.25) is 0 Å². The van der Waals surface area contributed by atoms with E-state index >= 15 is 0 Å². The minimum absolute atomic E-state index is 0.00682. The zero-order valence-corrected chi connectivity index (χ0v) is 14.5. The lowest BCUT2D eigenvalue weighted by molar-refractivity contribution is 0.0987. The highest BCUT2D eigenvalue weighted by atomic mass is 16.2. The van der Waals surface area contributed by atoms with Crippen LogP contribution in [-0.2, 0) is 0 Å². The molecule has 0 atom stereocenters. The minimum Gasteiger partial charge on any atom is -0.399 e. The van der Waals surface area contributed by atoms with E-state index in [4.69, 9.17) is 5.73 Å². The summed E-state index contributed by atoms with van der Waals surface area (Å²) in [6.45, 7) is 1.55. The number of anilines is 4. The van der Waals surface area contributed by atoms with Crippen LogP contribution in [-0.4, -0.2) is 19.0 Å².